The molecule has 17 heavy (non-hydrogen) atoms. The zero-order chi connectivity index (χ0) is 12.1. The second-order valence-electron chi connectivity index (χ2n) is 4.76. The van der Waals surface area contributed by atoms with Gasteiger partial charge < -0.3 is 5.32 Å². The summed E-state index contributed by atoms with van der Waals surface area (Å²) in [6, 6.07) is 3.44. The molecule has 0 aromatic carbocycles. The Labute approximate surface area is 107 Å². The number of nitrogens with one attached hydrogen (secondary N) is 1. The average Bonchev–Trinajstić information content (AvgIpc) is 2.86. The first-order chi connectivity index (χ1) is 8.26. The summed E-state index contributed by atoms with van der Waals surface area (Å²) in [5.41, 5.74) is 0.771. The van der Waals surface area contributed by atoms with Crippen LogP contribution in [0.25, 0.3) is 0 Å². The van der Waals surface area contributed by atoms with Crippen LogP contribution in [0.1, 0.15) is 36.0 Å². The van der Waals surface area contributed by atoms with Crippen LogP contribution in [0.5, 0.6) is 0 Å². The van der Waals surface area contributed by atoms with E-state index in [-0.39, 0.29) is 11.3 Å². The molecule has 92 valence electrons. The van der Waals surface area contributed by atoms with Crippen molar-refractivity contribution in [2.75, 3.05) is 12.4 Å². The zero-order valence-corrected chi connectivity index (χ0v) is 10.5. The lowest BCUT2D eigenvalue weighted by molar-refractivity contribution is 0.0935. The molecular formula is C13H17ClN2O. The van der Waals surface area contributed by atoms with Gasteiger partial charge in [0, 0.05) is 35.8 Å². The Morgan fingerprint density at radius 1 is 1.35 bits per heavy atom. The van der Waals surface area contributed by atoms with Gasteiger partial charge >= 0.3 is 0 Å². The molecule has 4 heteroatoms. The Hall–Kier alpha value is -1.09. The highest BCUT2D eigenvalue weighted by Crippen LogP contribution is 2.38. The number of pyridine rings is 1. The molecule has 0 saturated heterocycles. The van der Waals surface area contributed by atoms with Crippen LogP contribution < -0.4 is 5.32 Å². The molecule has 0 bridgehead atoms. The molecule has 0 unspecified atom stereocenters. The molecule has 2 rings (SSSR count). The van der Waals surface area contributed by atoms with Crippen LogP contribution in [-0.4, -0.2) is 23.3 Å². The third kappa shape index (κ3) is 2.97. The zero-order valence-electron chi connectivity index (χ0n) is 9.79. The van der Waals surface area contributed by atoms with Crippen LogP contribution in [0.15, 0.2) is 24.5 Å². The van der Waals surface area contributed by atoms with Crippen molar-refractivity contribution in [2.45, 2.75) is 25.7 Å². The minimum absolute atomic E-state index is 0.0382. The maximum Gasteiger partial charge on any atom is 0.251 e. The van der Waals surface area contributed by atoms with Crippen LogP contribution in [0.4, 0.5) is 0 Å². The lowest BCUT2D eigenvalue weighted by Gasteiger charge is -2.26. The smallest absolute Gasteiger partial charge is 0.251 e. The third-order valence-corrected chi connectivity index (χ3v) is 4.08. The van der Waals surface area contributed by atoms with Crippen molar-refractivity contribution in [3.63, 3.8) is 0 Å². The summed E-state index contributed by atoms with van der Waals surface area (Å²) >= 11 is 6.03. The van der Waals surface area contributed by atoms with Crippen LogP contribution in [0, 0.1) is 5.41 Å². The topological polar surface area (TPSA) is 42.0 Å². The summed E-state index contributed by atoms with van der Waals surface area (Å²) < 4.78 is 0. The normalized spacial score (nSPS) is 17.9. The Kier molecular flexibility index (Phi) is 4.00. The highest BCUT2D eigenvalue weighted by Gasteiger charge is 2.33. The van der Waals surface area contributed by atoms with Gasteiger partial charge in [-0.1, -0.05) is 12.8 Å². The Bertz CT molecular complexity index is 374. The van der Waals surface area contributed by atoms with E-state index in [4.69, 9.17) is 11.6 Å². The molecule has 1 aliphatic rings. The van der Waals surface area contributed by atoms with E-state index in [1.807, 2.05) is 0 Å². The van der Waals surface area contributed by atoms with Gasteiger partial charge in [-0.25, -0.2) is 0 Å². The van der Waals surface area contributed by atoms with E-state index < -0.39 is 0 Å². The number of carbonyl (C=O) groups excluding carboxylic acids is 1. The van der Waals surface area contributed by atoms with Gasteiger partial charge in [0.05, 0.1) is 0 Å². The molecule has 1 N–H and O–H groups in total. The molecular weight excluding hydrogens is 236 g/mol. The Morgan fingerprint density at radius 3 is 2.59 bits per heavy atom. The average molecular weight is 253 g/mol. The fourth-order valence-corrected chi connectivity index (χ4v) is 2.72. The predicted octanol–water partition coefficient (Wildman–Crippen LogP) is 2.61. The van der Waals surface area contributed by atoms with E-state index in [0.717, 1.165) is 12.8 Å². The van der Waals surface area contributed by atoms with Crippen molar-refractivity contribution in [2.24, 2.45) is 5.41 Å². The van der Waals surface area contributed by atoms with E-state index in [1.54, 1.807) is 24.5 Å². The number of halogens is 1. The molecule has 0 atom stereocenters. The maximum absolute atomic E-state index is 11.9. The molecule has 1 amide bonds. The van der Waals surface area contributed by atoms with Crippen molar-refractivity contribution in [3.8, 4) is 0 Å². The highest BCUT2D eigenvalue weighted by atomic mass is 35.5. The van der Waals surface area contributed by atoms with Gasteiger partial charge in [-0.2, -0.15) is 0 Å². The fraction of sp³-hybridized carbons (Fsp3) is 0.538. The quantitative estimate of drug-likeness (QED) is 0.837. The molecule has 1 aromatic rings. The number of carbonyl (C=O) groups is 1. The monoisotopic (exact) mass is 252 g/mol. The number of aromatic nitrogens is 1. The molecule has 0 aliphatic heterocycles. The van der Waals surface area contributed by atoms with Gasteiger partial charge in [0.25, 0.3) is 5.91 Å². The van der Waals surface area contributed by atoms with Crippen LogP contribution >= 0.6 is 11.6 Å². The molecule has 0 radical (unpaired) electrons. The first-order valence-electron chi connectivity index (χ1n) is 6.00. The summed E-state index contributed by atoms with van der Waals surface area (Å²) in [5.74, 6) is 0.590. The number of rotatable bonds is 4. The van der Waals surface area contributed by atoms with Gasteiger partial charge in [0.2, 0.25) is 0 Å². The Balaban J connectivity index is 1.92. The van der Waals surface area contributed by atoms with E-state index >= 15 is 0 Å². The lowest BCUT2D eigenvalue weighted by atomic mass is 9.88. The molecule has 1 aliphatic carbocycles. The first-order valence-corrected chi connectivity index (χ1v) is 6.53. The van der Waals surface area contributed by atoms with Crippen molar-refractivity contribution in [1.29, 1.82) is 0 Å². The SMILES string of the molecule is O=C(NCC1(CCl)CCCC1)c1ccncc1. The molecule has 1 fully saturated rings. The van der Waals surface area contributed by atoms with E-state index in [2.05, 4.69) is 10.3 Å². The molecule has 1 saturated carbocycles. The van der Waals surface area contributed by atoms with Crippen molar-refractivity contribution < 1.29 is 4.79 Å². The number of nitrogens with zero attached hydrogens (tertiary/aromatic N) is 1. The summed E-state index contributed by atoms with van der Waals surface area (Å²) in [4.78, 5) is 15.8. The minimum atomic E-state index is -0.0382. The number of amides is 1. The van der Waals surface area contributed by atoms with Gasteiger partial charge in [0.1, 0.15) is 0 Å². The fourth-order valence-electron chi connectivity index (χ4n) is 2.36. The van der Waals surface area contributed by atoms with E-state index in [9.17, 15) is 4.79 Å². The lowest BCUT2D eigenvalue weighted by Crippen LogP contribution is -2.37. The summed E-state index contributed by atoms with van der Waals surface area (Å²) in [5, 5.41) is 2.98. The summed E-state index contributed by atoms with van der Waals surface area (Å²) in [6.45, 7) is 0.678. The van der Waals surface area contributed by atoms with Crippen molar-refractivity contribution >= 4 is 17.5 Å². The largest absolute Gasteiger partial charge is 0.351 e. The molecule has 0 spiro atoms. The second-order valence-corrected chi connectivity index (χ2v) is 5.03. The Morgan fingerprint density at radius 2 is 2.00 bits per heavy atom. The van der Waals surface area contributed by atoms with Crippen molar-refractivity contribution in [1.82, 2.24) is 10.3 Å². The summed E-state index contributed by atoms with van der Waals surface area (Å²) in [6.07, 6.45) is 7.93. The van der Waals surface area contributed by atoms with Crippen LogP contribution in [0.3, 0.4) is 0 Å². The van der Waals surface area contributed by atoms with Crippen LogP contribution in [0.2, 0.25) is 0 Å². The molecule has 3 nitrogen and oxygen atoms in total. The highest BCUT2D eigenvalue weighted by molar-refractivity contribution is 6.18. The number of hydrogen-bond acceptors (Lipinski definition) is 2. The van der Waals surface area contributed by atoms with Gasteiger partial charge in [-0.3, -0.25) is 9.78 Å². The maximum atomic E-state index is 11.9. The van der Waals surface area contributed by atoms with Crippen LogP contribution in [-0.2, 0) is 0 Å². The molecule has 1 heterocycles. The standard InChI is InChI=1S/C13H17ClN2O/c14-9-13(5-1-2-6-13)10-16-12(17)11-3-7-15-8-4-11/h3-4,7-8H,1-2,5-6,9-10H2,(H,16,17). The number of hydrogen-bond donors (Lipinski definition) is 1. The third-order valence-electron chi connectivity index (χ3n) is 3.51. The molecule has 1 aromatic heterocycles. The predicted molar refractivity (Wildman–Crippen MR) is 68.2 cm³/mol. The second kappa shape index (κ2) is 5.50. The van der Waals surface area contributed by atoms with E-state index in [1.165, 1.54) is 12.8 Å². The minimum Gasteiger partial charge on any atom is -0.351 e. The number of alkyl halides is 1. The van der Waals surface area contributed by atoms with Crippen molar-refractivity contribution in [3.05, 3.63) is 30.1 Å². The van der Waals surface area contributed by atoms with Gasteiger partial charge in [0.15, 0.2) is 0 Å². The van der Waals surface area contributed by atoms with Gasteiger partial charge in [-0.15, -0.1) is 11.6 Å². The van der Waals surface area contributed by atoms with Gasteiger partial charge in [-0.05, 0) is 25.0 Å². The summed E-state index contributed by atoms with van der Waals surface area (Å²) in [7, 11) is 0. The van der Waals surface area contributed by atoms with E-state index in [0.29, 0.717) is 18.0 Å². The first kappa shape index (κ1) is 12.4.